The maximum atomic E-state index is 12.3. The molecule has 0 saturated heterocycles. The summed E-state index contributed by atoms with van der Waals surface area (Å²) in [4.78, 5) is 12.5. The number of sulfonamides is 1. The van der Waals surface area contributed by atoms with Crippen molar-refractivity contribution in [2.45, 2.75) is 75.8 Å². The minimum absolute atomic E-state index is 0.130. The lowest BCUT2D eigenvalue weighted by molar-refractivity contribution is 0.0933. The van der Waals surface area contributed by atoms with Crippen molar-refractivity contribution in [3.05, 3.63) is 29.8 Å². The van der Waals surface area contributed by atoms with E-state index < -0.39 is 15.6 Å². The fourth-order valence-electron chi connectivity index (χ4n) is 2.94. The lowest BCUT2D eigenvalue weighted by atomic mass is 10.1. The number of amides is 1. The summed E-state index contributed by atoms with van der Waals surface area (Å²) in [5, 5.41) is 3.07. The summed E-state index contributed by atoms with van der Waals surface area (Å²) in [5.74, 6) is -0.130. The fourth-order valence-corrected chi connectivity index (χ4v) is 4.36. The molecule has 5 nitrogen and oxygen atoms in total. The van der Waals surface area contributed by atoms with Crippen LogP contribution in [-0.2, 0) is 10.0 Å². The molecule has 2 rings (SSSR count). The molecular formula is C18H28N2O3S. The molecule has 1 aromatic carbocycles. The van der Waals surface area contributed by atoms with Crippen LogP contribution in [0.1, 0.15) is 69.7 Å². The van der Waals surface area contributed by atoms with E-state index in [1.165, 1.54) is 25.0 Å². The fraction of sp³-hybridized carbons (Fsp3) is 0.611. The van der Waals surface area contributed by atoms with Crippen LogP contribution in [0.5, 0.6) is 0 Å². The average Bonchev–Trinajstić information content (AvgIpc) is 2.73. The summed E-state index contributed by atoms with van der Waals surface area (Å²) >= 11 is 0. The van der Waals surface area contributed by atoms with Gasteiger partial charge in [0, 0.05) is 17.1 Å². The summed E-state index contributed by atoms with van der Waals surface area (Å²) in [7, 11) is -3.57. The van der Waals surface area contributed by atoms with E-state index in [1.807, 2.05) is 0 Å². The lowest BCUT2D eigenvalue weighted by Gasteiger charge is -2.20. The van der Waals surface area contributed by atoms with Crippen molar-refractivity contribution in [3.63, 3.8) is 0 Å². The third-order valence-electron chi connectivity index (χ3n) is 4.06. The van der Waals surface area contributed by atoms with Gasteiger partial charge in [-0.15, -0.1) is 0 Å². The zero-order valence-corrected chi connectivity index (χ0v) is 15.6. The van der Waals surface area contributed by atoms with Crippen molar-refractivity contribution in [1.29, 1.82) is 0 Å². The van der Waals surface area contributed by atoms with Crippen molar-refractivity contribution in [2.24, 2.45) is 0 Å². The van der Waals surface area contributed by atoms with Gasteiger partial charge in [-0.2, -0.15) is 0 Å². The molecule has 0 aliphatic heterocycles. The molecule has 1 saturated carbocycles. The minimum atomic E-state index is -3.57. The van der Waals surface area contributed by atoms with Crippen LogP contribution >= 0.6 is 0 Å². The number of carbonyl (C=O) groups is 1. The zero-order valence-electron chi connectivity index (χ0n) is 14.8. The number of carbonyl (C=O) groups excluding carboxylic acids is 1. The molecule has 1 aromatic rings. The maximum Gasteiger partial charge on any atom is 0.251 e. The monoisotopic (exact) mass is 352 g/mol. The van der Waals surface area contributed by atoms with E-state index in [1.54, 1.807) is 32.9 Å². The van der Waals surface area contributed by atoms with E-state index >= 15 is 0 Å². The Balaban J connectivity index is 2.04. The number of hydrogen-bond donors (Lipinski definition) is 2. The van der Waals surface area contributed by atoms with Crippen LogP contribution in [0.4, 0.5) is 0 Å². The van der Waals surface area contributed by atoms with Gasteiger partial charge in [0.1, 0.15) is 0 Å². The highest BCUT2D eigenvalue weighted by molar-refractivity contribution is 7.89. The largest absolute Gasteiger partial charge is 0.349 e. The first-order chi connectivity index (χ1) is 11.2. The van der Waals surface area contributed by atoms with Gasteiger partial charge in [0.2, 0.25) is 10.0 Å². The van der Waals surface area contributed by atoms with Gasteiger partial charge < -0.3 is 5.32 Å². The number of hydrogen-bond acceptors (Lipinski definition) is 3. The Bertz CT molecular complexity index is 652. The second-order valence-electron chi connectivity index (χ2n) is 7.54. The van der Waals surface area contributed by atoms with Crippen LogP contribution in [0.3, 0.4) is 0 Å². The average molecular weight is 353 g/mol. The first kappa shape index (κ1) is 18.9. The molecule has 0 spiro atoms. The molecule has 0 heterocycles. The minimum Gasteiger partial charge on any atom is -0.349 e. The SMILES string of the molecule is CC(C)(C)NS(=O)(=O)c1ccc(C(=O)NC2CCCCCC2)cc1. The molecule has 6 heteroatoms. The van der Waals surface area contributed by atoms with Crippen LogP contribution in [-0.4, -0.2) is 25.9 Å². The van der Waals surface area contributed by atoms with Crippen molar-refractivity contribution in [2.75, 3.05) is 0 Å². The Kier molecular flexibility index (Phi) is 6.04. The summed E-state index contributed by atoms with van der Waals surface area (Å²) in [5.41, 5.74) is -0.0528. The first-order valence-corrected chi connectivity index (χ1v) is 10.1. The molecule has 1 aliphatic rings. The third-order valence-corrected chi connectivity index (χ3v) is 5.83. The molecule has 0 atom stereocenters. The van der Waals surface area contributed by atoms with E-state index in [0.717, 1.165) is 25.7 Å². The molecule has 134 valence electrons. The number of benzene rings is 1. The van der Waals surface area contributed by atoms with Crippen molar-refractivity contribution < 1.29 is 13.2 Å². The molecule has 0 unspecified atom stereocenters. The third kappa shape index (κ3) is 5.60. The van der Waals surface area contributed by atoms with Crippen LogP contribution in [0, 0.1) is 0 Å². The second kappa shape index (κ2) is 7.66. The van der Waals surface area contributed by atoms with Crippen molar-refractivity contribution >= 4 is 15.9 Å². The predicted molar refractivity (Wildman–Crippen MR) is 95.5 cm³/mol. The van der Waals surface area contributed by atoms with Gasteiger partial charge in [-0.1, -0.05) is 25.7 Å². The highest BCUT2D eigenvalue weighted by Crippen LogP contribution is 2.18. The highest BCUT2D eigenvalue weighted by Gasteiger charge is 2.22. The Morgan fingerprint density at radius 1 is 1.00 bits per heavy atom. The Hall–Kier alpha value is -1.40. The lowest BCUT2D eigenvalue weighted by Crippen LogP contribution is -2.40. The molecule has 0 bridgehead atoms. The van der Waals surface area contributed by atoms with E-state index in [2.05, 4.69) is 10.0 Å². The molecule has 2 N–H and O–H groups in total. The maximum absolute atomic E-state index is 12.3. The summed E-state index contributed by atoms with van der Waals surface area (Å²) in [6.07, 6.45) is 6.82. The van der Waals surface area contributed by atoms with Crippen LogP contribution in [0.2, 0.25) is 0 Å². The van der Waals surface area contributed by atoms with E-state index in [-0.39, 0.29) is 16.8 Å². The standard InChI is InChI=1S/C18H28N2O3S/c1-18(2,3)20-24(22,23)16-12-10-14(11-13-16)17(21)19-15-8-6-4-5-7-9-15/h10-13,15,20H,4-9H2,1-3H3,(H,19,21). The second-order valence-corrected chi connectivity index (χ2v) is 9.22. The summed E-state index contributed by atoms with van der Waals surface area (Å²) in [6, 6.07) is 6.34. The number of rotatable bonds is 4. The van der Waals surface area contributed by atoms with E-state index in [9.17, 15) is 13.2 Å². The smallest absolute Gasteiger partial charge is 0.251 e. The van der Waals surface area contributed by atoms with Crippen LogP contribution in [0.25, 0.3) is 0 Å². The molecule has 0 radical (unpaired) electrons. The Morgan fingerprint density at radius 2 is 1.54 bits per heavy atom. The number of nitrogens with one attached hydrogen (secondary N) is 2. The zero-order chi connectivity index (χ0) is 17.8. The van der Waals surface area contributed by atoms with Crippen LogP contribution in [0.15, 0.2) is 29.2 Å². The molecule has 24 heavy (non-hydrogen) atoms. The van der Waals surface area contributed by atoms with Crippen molar-refractivity contribution in [3.8, 4) is 0 Å². The van der Waals surface area contributed by atoms with E-state index in [0.29, 0.717) is 5.56 Å². The normalized spacial score (nSPS) is 17.3. The molecule has 1 fully saturated rings. The molecule has 1 amide bonds. The topological polar surface area (TPSA) is 75.3 Å². The highest BCUT2D eigenvalue weighted by atomic mass is 32.2. The van der Waals surface area contributed by atoms with Gasteiger partial charge >= 0.3 is 0 Å². The van der Waals surface area contributed by atoms with Gasteiger partial charge in [0.25, 0.3) is 5.91 Å². The summed E-state index contributed by atoms with van der Waals surface area (Å²) < 4.78 is 27.1. The van der Waals surface area contributed by atoms with Crippen molar-refractivity contribution in [1.82, 2.24) is 10.0 Å². The van der Waals surface area contributed by atoms with Gasteiger partial charge in [-0.3, -0.25) is 4.79 Å². The van der Waals surface area contributed by atoms with Gasteiger partial charge in [0.15, 0.2) is 0 Å². The van der Waals surface area contributed by atoms with Gasteiger partial charge in [-0.05, 0) is 57.9 Å². The molecular weight excluding hydrogens is 324 g/mol. The first-order valence-electron chi connectivity index (χ1n) is 8.62. The molecule has 0 aromatic heterocycles. The quantitative estimate of drug-likeness (QED) is 0.817. The predicted octanol–water partition coefficient (Wildman–Crippen LogP) is 3.22. The van der Waals surface area contributed by atoms with E-state index in [4.69, 9.17) is 0 Å². The van der Waals surface area contributed by atoms with Crippen LogP contribution < -0.4 is 10.0 Å². The summed E-state index contributed by atoms with van der Waals surface area (Å²) in [6.45, 7) is 5.37. The Morgan fingerprint density at radius 3 is 2.04 bits per heavy atom. The Labute approximate surface area is 145 Å². The van der Waals surface area contributed by atoms with Gasteiger partial charge in [0.05, 0.1) is 4.90 Å². The molecule has 1 aliphatic carbocycles. The van der Waals surface area contributed by atoms with Gasteiger partial charge in [-0.25, -0.2) is 13.1 Å².